The van der Waals surface area contributed by atoms with Crippen molar-refractivity contribution >= 4 is 11.4 Å². The molecule has 0 aliphatic heterocycles. The molecule has 24 heavy (non-hydrogen) atoms. The van der Waals surface area contributed by atoms with Crippen molar-refractivity contribution < 1.29 is 35.0 Å². The first-order chi connectivity index (χ1) is 11.1. The van der Waals surface area contributed by atoms with Gasteiger partial charge in [-0.05, 0) is 13.8 Å². The van der Waals surface area contributed by atoms with Gasteiger partial charge in [0, 0.05) is 11.4 Å². The van der Waals surface area contributed by atoms with Gasteiger partial charge in [-0.3, -0.25) is 0 Å². The molecule has 0 aromatic rings. The summed E-state index contributed by atoms with van der Waals surface area (Å²) in [6.45, 7) is 12.8. The zero-order valence-corrected chi connectivity index (χ0v) is 17.3. The third kappa shape index (κ3) is 11.6. The topological polar surface area (TPSA) is 128 Å². The van der Waals surface area contributed by atoms with E-state index in [0.29, 0.717) is 11.4 Å². The zero-order valence-electron chi connectivity index (χ0n) is 15.4. The van der Waals surface area contributed by atoms with Crippen molar-refractivity contribution in [2.75, 3.05) is 13.1 Å². The Kier molecular flexibility index (Phi) is 14.2. The van der Waals surface area contributed by atoms with E-state index in [1.807, 2.05) is 27.7 Å². The Bertz CT molecular complexity index is 411. The van der Waals surface area contributed by atoms with E-state index in [2.05, 4.69) is 20.9 Å². The van der Waals surface area contributed by atoms with Gasteiger partial charge in [-0.1, -0.05) is 58.0 Å². The molecule has 0 bridgehead atoms. The molecule has 0 rings (SSSR count). The van der Waals surface area contributed by atoms with Crippen molar-refractivity contribution in [2.45, 2.75) is 71.9 Å². The predicted octanol–water partition coefficient (Wildman–Crippen LogP) is 3.92. The second kappa shape index (κ2) is 13.4. The molecular weight excluding hydrogens is 398 g/mol. The van der Waals surface area contributed by atoms with Crippen LogP contribution in [0.3, 0.4) is 0 Å². The van der Waals surface area contributed by atoms with Crippen LogP contribution in [0, 0.1) is 0 Å². The van der Waals surface area contributed by atoms with Gasteiger partial charge in [0.2, 0.25) is 0 Å². The normalized spacial score (nSPS) is 13.1. The number of hydrogen-bond donors (Lipinski definition) is 2. The van der Waals surface area contributed by atoms with E-state index in [1.165, 1.54) is 0 Å². The van der Waals surface area contributed by atoms with Crippen molar-refractivity contribution in [3.63, 3.8) is 0 Å². The molecule has 0 saturated carbocycles. The summed E-state index contributed by atoms with van der Waals surface area (Å²) in [5.41, 5.74) is 0.432. The predicted molar refractivity (Wildman–Crippen MR) is 89.6 cm³/mol. The molecule has 0 atom stereocenters. The van der Waals surface area contributed by atoms with E-state index in [0.717, 1.165) is 32.4 Å². The summed E-state index contributed by atoms with van der Waals surface area (Å²) in [5, 5.41) is 33.1. The molecule has 0 saturated heterocycles. The van der Waals surface area contributed by atoms with Crippen LogP contribution in [-0.2, 0) is 24.6 Å². The Morgan fingerprint density at radius 1 is 0.833 bits per heavy atom. The van der Waals surface area contributed by atoms with Crippen molar-refractivity contribution in [3.8, 4) is 0 Å². The fourth-order valence-corrected chi connectivity index (χ4v) is 1.59. The molecule has 141 valence electrons. The maximum atomic E-state index is 8.77. The molecule has 0 aliphatic rings. The van der Waals surface area contributed by atoms with E-state index >= 15 is 0 Å². The van der Waals surface area contributed by atoms with Gasteiger partial charge in [0.05, 0.1) is 0 Å². The number of hydrogen-bond acceptors (Lipinski definition) is 6. The van der Waals surface area contributed by atoms with Crippen LogP contribution < -0.4 is 0 Å². The average Bonchev–Trinajstić information content (AvgIpc) is 2.52. The molecular formula is C15H30N4O4Tc. The molecule has 0 radical (unpaired) electrons. The molecule has 2 N–H and O–H groups in total. The van der Waals surface area contributed by atoms with E-state index in [4.69, 9.17) is 17.4 Å². The molecule has 0 aromatic carbocycles. The first-order valence-electron chi connectivity index (χ1n) is 7.74. The fraction of sp³-hybridized carbons (Fsp3) is 0.867. The quantitative estimate of drug-likeness (QED) is 0.236. The summed E-state index contributed by atoms with van der Waals surface area (Å²) in [6.07, 6.45) is 3.03. The van der Waals surface area contributed by atoms with Gasteiger partial charge in [-0.2, -0.15) is 0 Å². The van der Waals surface area contributed by atoms with Crippen LogP contribution in [0.4, 0.5) is 0 Å². The Morgan fingerprint density at radius 2 is 1.12 bits per heavy atom. The molecule has 9 heteroatoms. The summed E-state index contributed by atoms with van der Waals surface area (Å²) < 4.78 is 17.0. The summed E-state index contributed by atoms with van der Waals surface area (Å²) in [5.74, 6) is 0. The molecule has 0 aliphatic carbocycles. The Morgan fingerprint density at radius 3 is 1.38 bits per heavy atom. The van der Waals surface area contributed by atoms with Crippen molar-refractivity contribution in [2.24, 2.45) is 10.3 Å². The Balaban J connectivity index is 0. The van der Waals surface area contributed by atoms with Crippen molar-refractivity contribution in [1.82, 2.24) is 0 Å². The second-order valence-electron chi connectivity index (χ2n) is 6.38. The van der Waals surface area contributed by atoms with Gasteiger partial charge < -0.3 is 21.0 Å². The van der Waals surface area contributed by atoms with Crippen LogP contribution in [-0.4, -0.2) is 46.0 Å². The first-order valence-corrected chi connectivity index (χ1v) is 9.25. The molecule has 0 fully saturated rings. The average molecular weight is 428 g/mol. The van der Waals surface area contributed by atoms with Gasteiger partial charge in [0.15, 0.2) is 0 Å². The summed E-state index contributed by atoms with van der Waals surface area (Å²) in [7, 11) is 0. The van der Waals surface area contributed by atoms with Crippen LogP contribution in [0.2, 0.25) is 0 Å². The fourth-order valence-electron chi connectivity index (χ4n) is 1.59. The van der Waals surface area contributed by atoms with E-state index < -0.39 is 28.7 Å². The zero-order chi connectivity index (χ0) is 19.2. The Hall–Kier alpha value is -0.891. The minimum absolute atomic E-state index is 0.407. The van der Waals surface area contributed by atoms with Crippen molar-refractivity contribution in [3.05, 3.63) is 10.6 Å². The molecule has 0 spiro atoms. The van der Waals surface area contributed by atoms with Gasteiger partial charge in [0.25, 0.3) is 0 Å². The van der Waals surface area contributed by atoms with Crippen LogP contribution in [0.5, 0.6) is 0 Å². The van der Waals surface area contributed by atoms with E-state index in [1.54, 1.807) is 13.8 Å². The second-order valence-corrected chi connectivity index (χ2v) is 6.69. The van der Waals surface area contributed by atoms with Crippen LogP contribution in [0.1, 0.15) is 60.8 Å². The third-order valence-corrected chi connectivity index (χ3v) is 3.90. The van der Waals surface area contributed by atoms with Crippen LogP contribution in [0.25, 0.3) is 10.6 Å². The summed E-state index contributed by atoms with van der Waals surface area (Å²) in [4.78, 5) is 0. The number of rotatable bonds is 10. The standard InChI is InChI=1S/C15H30N4O2.2O.Tc/c1-12(18-20)14(3,4)16-10-8-7-9-11-17-15(5,6)13(2)19-21;;;/h20-21H,7-11H2,1-6H3;;;/q-2;;;+2/b18-12+,19-13+;;;. The monoisotopic (exact) mass is 427 g/mol. The molecule has 0 aromatic heterocycles. The van der Waals surface area contributed by atoms with Crippen LogP contribution >= 0.6 is 0 Å². The van der Waals surface area contributed by atoms with Gasteiger partial charge in [-0.25, -0.2) is 0 Å². The maximum absolute atomic E-state index is 8.77. The molecule has 0 unspecified atom stereocenters. The third-order valence-electron chi connectivity index (χ3n) is 3.90. The van der Waals surface area contributed by atoms with Crippen molar-refractivity contribution in [1.29, 1.82) is 0 Å². The van der Waals surface area contributed by atoms with E-state index in [9.17, 15) is 0 Å². The van der Waals surface area contributed by atoms with Gasteiger partial charge >= 0.3 is 24.6 Å². The van der Waals surface area contributed by atoms with E-state index in [-0.39, 0.29) is 0 Å². The molecule has 0 amide bonds. The molecule has 8 nitrogen and oxygen atoms in total. The summed E-state index contributed by atoms with van der Waals surface area (Å²) in [6, 6.07) is 0. The Labute approximate surface area is 152 Å². The SMILES string of the molecule is C/C(=N\O)C(C)(C)[N-]CCCCC[N-]C(C)(C)/C(C)=N/O.[O]=[Tc+2]=[O]. The number of oxime groups is 2. The van der Waals surface area contributed by atoms with Gasteiger partial charge in [-0.15, -0.1) is 23.4 Å². The summed E-state index contributed by atoms with van der Waals surface area (Å²) >= 11 is -1.91. The van der Waals surface area contributed by atoms with Crippen LogP contribution in [0.15, 0.2) is 10.3 Å². The first kappa shape index (κ1) is 25.4. The number of nitrogens with zero attached hydrogens (tertiary/aromatic N) is 4. The minimum atomic E-state index is -1.91. The number of unbranched alkanes of at least 4 members (excludes halogenated alkanes) is 2. The molecule has 0 heterocycles. The van der Waals surface area contributed by atoms with Gasteiger partial charge in [0.1, 0.15) is 0 Å².